The van der Waals surface area contributed by atoms with Crippen LogP contribution < -0.4 is 5.32 Å². The molecule has 5 aliphatic rings. The molecule has 0 aromatic heterocycles. The molecule has 4 saturated carbocycles. The first-order valence-electron chi connectivity index (χ1n) is 20.0. The Hall–Kier alpha value is -1.89. The lowest BCUT2D eigenvalue weighted by molar-refractivity contribution is -0.235. The molecule has 0 heterocycles. The highest BCUT2D eigenvalue weighted by molar-refractivity contribution is 6.30. The summed E-state index contributed by atoms with van der Waals surface area (Å²) >= 11 is 6.12. The molecule has 0 amide bonds. The number of carbonyl (C=O) groups is 2. The smallest absolute Gasteiger partial charge is 0.309 e. The van der Waals surface area contributed by atoms with Gasteiger partial charge in [-0.2, -0.15) is 0 Å². The molecule has 0 saturated heterocycles. The Morgan fingerprint density at radius 2 is 1.61 bits per heavy atom. The Morgan fingerprint density at radius 1 is 0.922 bits per heavy atom. The molecule has 1 aromatic rings. The van der Waals surface area contributed by atoms with Gasteiger partial charge >= 0.3 is 11.9 Å². The molecule has 4 fully saturated rings. The Labute approximate surface area is 312 Å². The van der Waals surface area contributed by atoms with Crippen LogP contribution in [0.15, 0.2) is 35.4 Å². The molecule has 1 aromatic carbocycles. The van der Waals surface area contributed by atoms with Crippen LogP contribution in [0.25, 0.3) is 0 Å². The fourth-order valence-corrected chi connectivity index (χ4v) is 13.3. The summed E-state index contributed by atoms with van der Waals surface area (Å²) in [6, 6.07) is 7.98. The van der Waals surface area contributed by atoms with E-state index in [9.17, 15) is 19.8 Å². The highest BCUT2D eigenvalue weighted by Crippen LogP contribution is 2.77. The average Bonchev–Trinajstić information content (AvgIpc) is 3.45. The Kier molecular flexibility index (Phi) is 10.2. The normalized spacial score (nSPS) is 38.0. The van der Waals surface area contributed by atoms with Gasteiger partial charge in [0.25, 0.3) is 0 Å². The van der Waals surface area contributed by atoms with Gasteiger partial charge in [-0.05, 0) is 136 Å². The van der Waals surface area contributed by atoms with Crippen molar-refractivity contribution in [1.29, 1.82) is 0 Å². The zero-order chi connectivity index (χ0) is 37.4. The molecule has 6 rings (SSSR count). The number of fused-ring (bicyclic) bond motifs is 7. The minimum atomic E-state index is -1.14. The van der Waals surface area contributed by atoms with Gasteiger partial charge in [-0.15, -0.1) is 0 Å². The average molecular weight is 724 g/mol. The molecule has 51 heavy (non-hydrogen) atoms. The summed E-state index contributed by atoms with van der Waals surface area (Å²) in [5.41, 5.74) is 3.42. The molecule has 9 atom stereocenters. The van der Waals surface area contributed by atoms with E-state index < -0.39 is 23.5 Å². The number of carboxylic acid groups (broad SMARTS) is 1. The summed E-state index contributed by atoms with van der Waals surface area (Å²) in [5.74, 6) is 0.611. The molecule has 1 unspecified atom stereocenters. The number of aliphatic carboxylic acids is 1. The van der Waals surface area contributed by atoms with Gasteiger partial charge in [0.15, 0.2) is 0 Å². The number of aliphatic hydroxyl groups is 1. The number of carboxylic acids is 1. The number of halogens is 1. The first kappa shape index (κ1) is 38.8. The second-order valence-corrected chi connectivity index (χ2v) is 20.3. The number of benzene rings is 1. The topological polar surface area (TPSA) is 95.9 Å². The Morgan fingerprint density at radius 3 is 2.25 bits per heavy atom. The molecular formula is C44H66ClNO5. The predicted molar refractivity (Wildman–Crippen MR) is 204 cm³/mol. The second-order valence-electron chi connectivity index (χ2n) is 19.8. The van der Waals surface area contributed by atoms with Crippen LogP contribution in [0, 0.1) is 56.2 Å². The summed E-state index contributed by atoms with van der Waals surface area (Å²) in [4.78, 5) is 24.8. The highest BCUT2D eigenvalue weighted by atomic mass is 35.5. The molecule has 284 valence electrons. The number of rotatable bonds is 10. The number of nitrogens with one attached hydrogen (secondary N) is 1. The fraction of sp³-hybridized carbons (Fsp3) is 0.773. The zero-order valence-corrected chi connectivity index (χ0v) is 33.7. The molecule has 3 N–H and O–H groups in total. The van der Waals surface area contributed by atoms with E-state index in [0.29, 0.717) is 30.2 Å². The number of hydrogen-bond donors (Lipinski definition) is 3. The third kappa shape index (κ3) is 6.23. The number of ether oxygens (including phenoxy) is 1. The van der Waals surface area contributed by atoms with Gasteiger partial charge in [0.2, 0.25) is 0 Å². The van der Waals surface area contributed by atoms with E-state index in [0.717, 1.165) is 56.5 Å². The van der Waals surface area contributed by atoms with E-state index in [2.05, 4.69) is 65.9 Å². The van der Waals surface area contributed by atoms with Crippen LogP contribution in [-0.2, 0) is 20.9 Å². The molecule has 7 heteroatoms. The van der Waals surface area contributed by atoms with Gasteiger partial charge in [0.05, 0.1) is 17.9 Å². The number of esters is 1. The van der Waals surface area contributed by atoms with Crippen molar-refractivity contribution in [1.82, 2.24) is 5.32 Å². The minimum Gasteiger partial charge on any atom is -0.481 e. The molecular weight excluding hydrogens is 658 g/mol. The van der Waals surface area contributed by atoms with Gasteiger partial charge in [-0.3, -0.25) is 9.59 Å². The molecule has 0 aliphatic heterocycles. The molecule has 0 bridgehead atoms. The van der Waals surface area contributed by atoms with E-state index in [-0.39, 0.29) is 39.6 Å². The SMILES string of the molecule is CC(C)C1=C2[C@H]3CC[C@@H]4[C@@]5(C)CC[C@H](OC(=O)CC(C)(C)C(=O)O)C(C)(C)C5CC[C@@]4(C)[C@]3(C)CC[C@@]2([C@H](O)CNCc2ccc(Cl)cc2)CC1. The molecule has 0 spiro atoms. The summed E-state index contributed by atoms with van der Waals surface area (Å²) in [5, 5.41) is 26.1. The predicted octanol–water partition coefficient (Wildman–Crippen LogP) is 10.0. The van der Waals surface area contributed by atoms with Gasteiger partial charge in [0.1, 0.15) is 6.10 Å². The number of allylic oxidation sites excluding steroid dienone is 1. The third-order valence-electron chi connectivity index (χ3n) is 16.3. The van der Waals surface area contributed by atoms with E-state index in [1.807, 2.05) is 12.1 Å². The monoisotopic (exact) mass is 723 g/mol. The first-order valence-corrected chi connectivity index (χ1v) is 20.4. The first-order chi connectivity index (χ1) is 23.7. The zero-order valence-electron chi connectivity index (χ0n) is 33.0. The lowest BCUT2D eigenvalue weighted by atomic mass is 9.33. The molecule has 0 radical (unpaired) electrons. The van der Waals surface area contributed by atoms with Crippen molar-refractivity contribution in [3.63, 3.8) is 0 Å². The summed E-state index contributed by atoms with van der Waals surface area (Å²) in [6.07, 6.45) is 10.2. The third-order valence-corrected chi connectivity index (χ3v) is 16.6. The van der Waals surface area contributed by atoms with Crippen LogP contribution in [-0.4, -0.2) is 40.9 Å². The molecule has 6 nitrogen and oxygen atoms in total. The van der Waals surface area contributed by atoms with Crippen molar-refractivity contribution in [2.75, 3.05) is 6.54 Å². The maximum atomic E-state index is 13.1. The van der Waals surface area contributed by atoms with Crippen molar-refractivity contribution in [3.05, 3.63) is 46.0 Å². The quantitative estimate of drug-likeness (QED) is 0.164. The van der Waals surface area contributed by atoms with Gasteiger partial charge in [-0.25, -0.2) is 0 Å². The highest BCUT2D eigenvalue weighted by Gasteiger charge is 2.70. The lowest BCUT2D eigenvalue weighted by Crippen LogP contribution is -2.66. The van der Waals surface area contributed by atoms with Gasteiger partial charge < -0.3 is 20.3 Å². The van der Waals surface area contributed by atoms with Crippen molar-refractivity contribution < 1.29 is 24.5 Å². The van der Waals surface area contributed by atoms with E-state index >= 15 is 0 Å². The number of aliphatic hydroxyl groups excluding tert-OH is 1. The second kappa shape index (κ2) is 13.4. The van der Waals surface area contributed by atoms with Crippen LogP contribution in [0.2, 0.25) is 5.02 Å². The largest absolute Gasteiger partial charge is 0.481 e. The number of hydrogen-bond acceptors (Lipinski definition) is 5. The van der Waals surface area contributed by atoms with E-state index in [4.69, 9.17) is 16.3 Å². The van der Waals surface area contributed by atoms with Crippen LogP contribution in [0.5, 0.6) is 0 Å². The van der Waals surface area contributed by atoms with Crippen LogP contribution in [0.1, 0.15) is 139 Å². The minimum absolute atomic E-state index is 0.111. The number of carbonyl (C=O) groups excluding carboxylic acids is 1. The summed E-state index contributed by atoms with van der Waals surface area (Å²) in [6.45, 7) is 21.7. The van der Waals surface area contributed by atoms with Crippen molar-refractivity contribution in [3.8, 4) is 0 Å². The summed E-state index contributed by atoms with van der Waals surface area (Å²) in [7, 11) is 0. The standard InChI is InChI=1S/C44H66ClNO5/c1-27(2)30-16-21-44(34(47)26-46-25-28-10-12-29(45)13-11-28)23-22-42(8)31(37(30)44)14-15-33-41(7)19-18-35(51-36(48)24-39(3,4)38(49)50)40(5,6)32(41)17-20-43(33,42)9/h10-13,27,31-35,46-47H,14-26H2,1-9H3,(H,49,50)/t31-,32?,33-,34-,35+,41+,42-,43-,44-/m1/s1. The van der Waals surface area contributed by atoms with Gasteiger partial charge in [-0.1, -0.05) is 83.3 Å². The van der Waals surface area contributed by atoms with E-state index in [1.54, 1.807) is 25.0 Å². The maximum absolute atomic E-state index is 13.1. The van der Waals surface area contributed by atoms with Crippen molar-refractivity contribution in [2.24, 2.45) is 56.2 Å². The Balaban J connectivity index is 1.23. The van der Waals surface area contributed by atoms with Crippen molar-refractivity contribution >= 4 is 23.5 Å². The summed E-state index contributed by atoms with van der Waals surface area (Å²) < 4.78 is 6.18. The van der Waals surface area contributed by atoms with Gasteiger partial charge in [0, 0.05) is 28.9 Å². The van der Waals surface area contributed by atoms with Crippen LogP contribution in [0.4, 0.5) is 0 Å². The maximum Gasteiger partial charge on any atom is 0.309 e. The fourth-order valence-electron chi connectivity index (χ4n) is 13.2. The van der Waals surface area contributed by atoms with Crippen LogP contribution in [0.3, 0.4) is 0 Å². The Bertz CT molecular complexity index is 1530. The molecule has 5 aliphatic carbocycles. The van der Waals surface area contributed by atoms with Crippen molar-refractivity contribution in [2.45, 2.75) is 152 Å². The van der Waals surface area contributed by atoms with E-state index in [1.165, 1.54) is 24.8 Å². The lowest BCUT2D eigenvalue weighted by Gasteiger charge is -2.72. The van der Waals surface area contributed by atoms with Crippen LogP contribution >= 0.6 is 11.6 Å².